The van der Waals surface area contributed by atoms with Gasteiger partial charge in [0, 0.05) is 39.3 Å². The van der Waals surface area contributed by atoms with E-state index in [0.717, 1.165) is 51.4 Å². The molecule has 0 saturated carbocycles. The molecule has 484 valence electrons. The number of rotatable bonds is 54. The van der Waals surface area contributed by atoms with Crippen LogP contribution >= 0.6 is 0 Å². The highest BCUT2D eigenvalue weighted by Gasteiger charge is 2.36. The van der Waals surface area contributed by atoms with Gasteiger partial charge in [-0.25, -0.2) is 0 Å². The van der Waals surface area contributed by atoms with Gasteiger partial charge in [-0.05, 0) is 77.0 Å². The monoisotopic (exact) mass is 1200 g/mol. The number of carbonyl (C=O) groups excluding carboxylic acids is 8. The standard InChI is InChI=1S/C68H108N4O14/c1-5-9-13-17-21-25-29-33-37-51-81-61(73)41-45-71(46-42-62(74)82-52-38-34-30-26-22-18-14-10-6-2)49-55-85-65(77)57-59-67(79)70-60(68(80)69-59)58-66(78)86-56-50-72(47-43-63(75)83-53-39-35-31-27-23-19-15-11-7-3)48-44-64(76)84-54-40-36-32-28-24-20-16-12-8-4/h21-28,33-40,59-60H,5-20,29-32,41-58H2,1-4H3,(H,69,80)(H,70,79)/b25-21-,26-22-,27-23-,28-24-,37-33-,38-34-,39-35-,40-36-. The number of allylic oxidation sites excluding steroid dienone is 12. The molecule has 86 heavy (non-hydrogen) atoms. The molecule has 2 amide bonds. The predicted molar refractivity (Wildman–Crippen MR) is 338 cm³/mol. The summed E-state index contributed by atoms with van der Waals surface area (Å²) >= 11 is 0. The fourth-order valence-corrected chi connectivity index (χ4v) is 8.39. The Morgan fingerprint density at radius 3 is 0.849 bits per heavy atom. The average Bonchev–Trinajstić information content (AvgIpc) is 3.68. The molecule has 0 bridgehead atoms. The van der Waals surface area contributed by atoms with Gasteiger partial charge in [0.1, 0.15) is 51.7 Å². The van der Waals surface area contributed by atoms with Gasteiger partial charge in [-0.15, -0.1) is 0 Å². The predicted octanol–water partition coefficient (Wildman–Crippen LogP) is 11.5. The van der Waals surface area contributed by atoms with E-state index < -0.39 is 72.6 Å². The summed E-state index contributed by atoms with van der Waals surface area (Å²) in [6, 6.07) is -2.53. The van der Waals surface area contributed by atoms with Crippen LogP contribution in [-0.4, -0.2) is 148 Å². The Balaban J connectivity index is 2.74. The summed E-state index contributed by atoms with van der Waals surface area (Å²) in [5.74, 6) is -4.66. The number of nitrogens with zero attached hydrogens (tertiary/aromatic N) is 2. The van der Waals surface area contributed by atoms with Crippen LogP contribution in [0.3, 0.4) is 0 Å². The molecule has 1 heterocycles. The van der Waals surface area contributed by atoms with Crippen molar-refractivity contribution in [1.82, 2.24) is 20.4 Å². The molecular formula is C68H108N4O14. The Hall–Kier alpha value is -6.40. The number of unbranched alkanes of at least 4 members (excludes halogenated alkanes) is 12. The molecule has 1 fully saturated rings. The van der Waals surface area contributed by atoms with E-state index in [4.69, 9.17) is 28.4 Å². The molecule has 2 N–H and O–H groups in total. The van der Waals surface area contributed by atoms with Crippen LogP contribution in [0.5, 0.6) is 0 Å². The highest BCUT2D eigenvalue weighted by atomic mass is 16.6. The van der Waals surface area contributed by atoms with Crippen LogP contribution in [0.1, 0.15) is 195 Å². The number of carbonyl (C=O) groups is 8. The minimum absolute atomic E-state index is 0.0212. The Morgan fingerprint density at radius 1 is 0.337 bits per heavy atom. The molecule has 0 aromatic rings. The minimum atomic E-state index is -1.27. The number of amides is 2. The molecule has 0 aromatic carbocycles. The summed E-state index contributed by atoms with van der Waals surface area (Å²) in [7, 11) is 0. The molecule has 0 aromatic heterocycles. The van der Waals surface area contributed by atoms with Crippen molar-refractivity contribution in [2.75, 3.05) is 78.9 Å². The smallest absolute Gasteiger partial charge is 0.308 e. The first-order chi connectivity index (χ1) is 41.9. The summed E-state index contributed by atoms with van der Waals surface area (Å²) < 4.78 is 32.4. The molecule has 0 aliphatic carbocycles. The molecule has 1 rings (SSSR count). The summed E-state index contributed by atoms with van der Waals surface area (Å²) in [6.45, 7) is 10.0. The lowest BCUT2D eigenvalue weighted by atomic mass is 10.1. The number of piperazine rings is 1. The van der Waals surface area contributed by atoms with E-state index in [1.54, 1.807) is 34.1 Å². The molecule has 2 unspecified atom stereocenters. The first-order valence-corrected chi connectivity index (χ1v) is 32.1. The lowest BCUT2D eigenvalue weighted by Gasteiger charge is -2.29. The van der Waals surface area contributed by atoms with E-state index in [0.29, 0.717) is 0 Å². The fraction of sp³-hybridized carbons (Fsp3) is 0.647. The van der Waals surface area contributed by atoms with Gasteiger partial charge in [-0.1, -0.05) is 176 Å². The normalized spacial score (nSPS) is 14.8. The average molecular weight is 1210 g/mol. The van der Waals surface area contributed by atoms with E-state index in [1.165, 1.54) is 77.0 Å². The summed E-state index contributed by atoms with van der Waals surface area (Å²) in [6.07, 6.45) is 52.4. The lowest BCUT2D eigenvalue weighted by Crippen LogP contribution is -2.62. The van der Waals surface area contributed by atoms with Crippen LogP contribution in [0.2, 0.25) is 0 Å². The van der Waals surface area contributed by atoms with Gasteiger partial charge in [-0.3, -0.25) is 48.2 Å². The summed E-state index contributed by atoms with van der Waals surface area (Å²) in [5.41, 5.74) is 0. The first kappa shape index (κ1) is 77.6. The lowest BCUT2D eigenvalue weighted by molar-refractivity contribution is -0.151. The third-order valence-electron chi connectivity index (χ3n) is 13.6. The molecular weight excluding hydrogens is 1100 g/mol. The van der Waals surface area contributed by atoms with Crippen molar-refractivity contribution in [2.45, 2.75) is 207 Å². The maximum atomic E-state index is 13.1. The Morgan fingerprint density at radius 2 is 0.593 bits per heavy atom. The molecule has 1 saturated heterocycles. The van der Waals surface area contributed by atoms with Crippen molar-refractivity contribution < 1.29 is 66.8 Å². The van der Waals surface area contributed by atoms with E-state index in [9.17, 15) is 38.4 Å². The van der Waals surface area contributed by atoms with Crippen LogP contribution in [-0.2, 0) is 66.8 Å². The summed E-state index contributed by atoms with van der Waals surface area (Å²) in [5, 5.41) is 5.00. The molecule has 1 aliphatic heterocycles. The molecule has 0 radical (unpaired) electrons. The van der Waals surface area contributed by atoms with Crippen LogP contribution in [0.15, 0.2) is 97.2 Å². The number of hydrogen-bond acceptors (Lipinski definition) is 16. The molecule has 18 heteroatoms. The van der Waals surface area contributed by atoms with E-state index in [-0.39, 0.29) is 105 Å². The summed E-state index contributed by atoms with van der Waals surface area (Å²) in [4.78, 5) is 106. The van der Waals surface area contributed by atoms with Gasteiger partial charge in [0.05, 0.1) is 38.5 Å². The minimum Gasteiger partial charge on any atom is -0.464 e. The van der Waals surface area contributed by atoms with Crippen molar-refractivity contribution in [3.63, 3.8) is 0 Å². The van der Waals surface area contributed by atoms with Gasteiger partial charge in [0.15, 0.2) is 0 Å². The third kappa shape index (κ3) is 47.8. The van der Waals surface area contributed by atoms with Crippen molar-refractivity contribution >= 4 is 47.6 Å². The number of ether oxygens (including phenoxy) is 6. The Labute approximate surface area is 515 Å². The Bertz CT molecular complexity index is 1860. The maximum absolute atomic E-state index is 13.1. The van der Waals surface area contributed by atoms with E-state index >= 15 is 0 Å². The molecule has 1 aliphatic rings. The van der Waals surface area contributed by atoms with Crippen LogP contribution < -0.4 is 10.6 Å². The number of esters is 6. The number of nitrogens with one attached hydrogen (secondary N) is 2. The first-order valence-electron chi connectivity index (χ1n) is 32.1. The van der Waals surface area contributed by atoms with Crippen LogP contribution in [0.4, 0.5) is 0 Å². The SMILES string of the molecule is CCCCC/C=C\C/C=C\COC(=O)CCN(CCOC(=O)CC1NC(=O)C(CC(=O)OCCN(CCC(=O)OC/C=C\C/C=C\CCCCC)CCC(=O)OC/C=C\C/C=C\CCCCC)NC1=O)CCC(=O)OC/C=C\C/C=C\CCCCC. The highest BCUT2D eigenvalue weighted by molar-refractivity contribution is 6.00. The van der Waals surface area contributed by atoms with Gasteiger partial charge >= 0.3 is 35.8 Å². The van der Waals surface area contributed by atoms with Crippen molar-refractivity contribution in [2.24, 2.45) is 0 Å². The second-order valence-corrected chi connectivity index (χ2v) is 21.1. The fourth-order valence-electron chi connectivity index (χ4n) is 8.39. The van der Waals surface area contributed by atoms with E-state index in [2.05, 4.69) is 86.9 Å². The molecule has 0 spiro atoms. The van der Waals surface area contributed by atoms with Crippen LogP contribution in [0.25, 0.3) is 0 Å². The zero-order chi connectivity index (χ0) is 62.8. The van der Waals surface area contributed by atoms with Crippen molar-refractivity contribution in [3.05, 3.63) is 97.2 Å². The van der Waals surface area contributed by atoms with Gasteiger partial charge in [-0.2, -0.15) is 0 Å². The number of hydrogen-bond donors (Lipinski definition) is 2. The largest absolute Gasteiger partial charge is 0.464 e. The Kier molecular flexibility index (Phi) is 50.9. The second-order valence-electron chi connectivity index (χ2n) is 21.1. The topological polar surface area (TPSA) is 222 Å². The maximum Gasteiger partial charge on any atom is 0.308 e. The van der Waals surface area contributed by atoms with Crippen molar-refractivity contribution in [1.29, 1.82) is 0 Å². The van der Waals surface area contributed by atoms with Gasteiger partial charge < -0.3 is 39.1 Å². The molecule has 2 atom stereocenters. The van der Waals surface area contributed by atoms with Gasteiger partial charge in [0.2, 0.25) is 11.8 Å². The van der Waals surface area contributed by atoms with Crippen molar-refractivity contribution in [3.8, 4) is 0 Å². The zero-order valence-corrected chi connectivity index (χ0v) is 52.9. The zero-order valence-electron chi connectivity index (χ0n) is 52.9. The van der Waals surface area contributed by atoms with E-state index in [1.807, 2.05) is 24.3 Å². The highest BCUT2D eigenvalue weighted by Crippen LogP contribution is 2.10. The molecule has 18 nitrogen and oxygen atoms in total. The van der Waals surface area contributed by atoms with Crippen LogP contribution in [0, 0.1) is 0 Å². The third-order valence-corrected chi connectivity index (χ3v) is 13.6. The van der Waals surface area contributed by atoms with Gasteiger partial charge in [0.25, 0.3) is 0 Å². The second kappa shape index (κ2) is 56.4. The quantitative estimate of drug-likeness (QED) is 0.0250.